The lowest BCUT2D eigenvalue weighted by molar-refractivity contribution is 0.0353. The van der Waals surface area contributed by atoms with E-state index in [2.05, 4.69) is 11.8 Å². The van der Waals surface area contributed by atoms with Crippen LogP contribution >= 0.6 is 0 Å². The lowest BCUT2D eigenvalue weighted by atomic mass is 9.98. The molecule has 3 heterocycles. The van der Waals surface area contributed by atoms with Crippen molar-refractivity contribution in [3.8, 4) is 5.75 Å². The van der Waals surface area contributed by atoms with E-state index in [0.29, 0.717) is 29.7 Å². The summed E-state index contributed by atoms with van der Waals surface area (Å²) < 4.78 is 17.5. The predicted molar refractivity (Wildman–Crippen MR) is 139 cm³/mol. The van der Waals surface area contributed by atoms with Gasteiger partial charge in [0.25, 0.3) is 5.91 Å². The third-order valence-electron chi connectivity index (χ3n) is 7.04. The first-order chi connectivity index (χ1) is 17.7. The number of nitrogens with zero attached hydrogens (tertiary/aromatic N) is 2. The molecule has 1 amide bonds. The summed E-state index contributed by atoms with van der Waals surface area (Å²) in [4.78, 5) is 31.4. The maximum atomic E-state index is 13.7. The number of hydrogen-bond donors (Lipinski definition) is 0. The van der Waals surface area contributed by atoms with Crippen molar-refractivity contribution >= 4 is 16.9 Å². The van der Waals surface area contributed by atoms with Crippen LogP contribution in [0.15, 0.2) is 57.7 Å². The van der Waals surface area contributed by atoms with E-state index in [1.54, 1.807) is 17.0 Å². The Labute approximate surface area is 211 Å². The van der Waals surface area contributed by atoms with E-state index in [1.807, 2.05) is 36.4 Å². The van der Waals surface area contributed by atoms with Crippen molar-refractivity contribution < 1.29 is 18.7 Å². The van der Waals surface area contributed by atoms with Crippen molar-refractivity contribution in [3.05, 3.63) is 75.6 Å². The SMILES string of the molecule is CCCCCOc1cccc(C2c3c(oc4ccccc4c3=O)C(=O)N2CCCN2CCOCC2)c1. The van der Waals surface area contributed by atoms with Gasteiger partial charge in [-0.05, 0) is 42.7 Å². The fraction of sp³-hybridized carbons (Fsp3) is 0.448. The van der Waals surface area contributed by atoms with Gasteiger partial charge in [0.2, 0.25) is 5.76 Å². The van der Waals surface area contributed by atoms with Gasteiger partial charge in [0.15, 0.2) is 5.43 Å². The molecule has 0 bridgehead atoms. The molecule has 7 nitrogen and oxygen atoms in total. The molecule has 190 valence electrons. The standard InChI is InChI=1S/C29H34N2O5/c1-2-3-6-17-35-22-10-7-9-21(20-22)26-25-27(32)23-11-4-5-12-24(23)36-28(25)29(33)31(26)14-8-13-30-15-18-34-19-16-30/h4-5,7,9-12,20,26H,2-3,6,8,13-19H2,1H3. The van der Waals surface area contributed by atoms with E-state index in [0.717, 1.165) is 69.8 Å². The zero-order valence-electron chi connectivity index (χ0n) is 20.9. The molecule has 0 radical (unpaired) electrons. The molecule has 2 aromatic carbocycles. The number of amides is 1. The zero-order valence-corrected chi connectivity index (χ0v) is 20.9. The van der Waals surface area contributed by atoms with Crippen LogP contribution < -0.4 is 10.2 Å². The van der Waals surface area contributed by atoms with Crippen molar-refractivity contribution in [1.82, 2.24) is 9.80 Å². The first kappa shape index (κ1) is 24.5. The Bertz CT molecular complexity index is 1260. The van der Waals surface area contributed by atoms with E-state index < -0.39 is 6.04 Å². The molecule has 36 heavy (non-hydrogen) atoms. The third kappa shape index (κ3) is 5.04. The summed E-state index contributed by atoms with van der Waals surface area (Å²) in [5, 5.41) is 0.496. The van der Waals surface area contributed by atoms with E-state index >= 15 is 0 Å². The van der Waals surface area contributed by atoms with Crippen LogP contribution in [-0.4, -0.2) is 61.7 Å². The molecule has 7 heteroatoms. The molecule has 3 aromatic rings. The number of carbonyl (C=O) groups excluding carboxylic acids is 1. The van der Waals surface area contributed by atoms with Crippen LogP contribution in [0.5, 0.6) is 5.75 Å². The highest BCUT2D eigenvalue weighted by Crippen LogP contribution is 2.39. The molecule has 5 rings (SSSR count). The summed E-state index contributed by atoms with van der Waals surface area (Å²) >= 11 is 0. The van der Waals surface area contributed by atoms with Crippen molar-refractivity contribution in [2.75, 3.05) is 46.0 Å². The average molecular weight is 491 g/mol. The minimum atomic E-state index is -0.503. The van der Waals surface area contributed by atoms with Crippen molar-refractivity contribution in [1.29, 1.82) is 0 Å². The van der Waals surface area contributed by atoms with Crippen LogP contribution in [0.25, 0.3) is 11.0 Å². The number of rotatable bonds is 10. The second-order valence-electron chi connectivity index (χ2n) is 9.51. The summed E-state index contributed by atoms with van der Waals surface area (Å²) in [6, 6.07) is 14.4. The topological polar surface area (TPSA) is 72.2 Å². The number of morpholine rings is 1. The number of carbonyl (C=O) groups is 1. The Hall–Kier alpha value is -3.16. The van der Waals surface area contributed by atoms with Crippen molar-refractivity contribution in [2.24, 2.45) is 0 Å². The molecule has 0 N–H and O–H groups in total. The molecule has 2 aliphatic heterocycles. The molecular weight excluding hydrogens is 456 g/mol. The lowest BCUT2D eigenvalue weighted by Crippen LogP contribution is -2.38. The van der Waals surface area contributed by atoms with Crippen LogP contribution in [0.4, 0.5) is 0 Å². The average Bonchev–Trinajstić information content (AvgIpc) is 3.19. The zero-order chi connectivity index (χ0) is 24.9. The third-order valence-corrected chi connectivity index (χ3v) is 7.04. The quantitative estimate of drug-likeness (QED) is 0.386. The Morgan fingerprint density at radius 3 is 2.64 bits per heavy atom. The second-order valence-corrected chi connectivity index (χ2v) is 9.51. The smallest absolute Gasteiger partial charge is 0.290 e. The van der Waals surface area contributed by atoms with E-state index in [1.165, 1.54) is 0 Å². The highest BCUT2D eigenvalue weighted by molar-refractivity contribution is 5.99. The summed E-state index contributed by atoms with van der Waals surface area (Å²) in [5.41, 5.74) is 1.59. The molecule has 0 aliphatic carbocycles. The Morgan fingerprint density at radius 2 is 1.81 bits per heavy atom. The van der Waals surface area contributed by atoms with Gasteiger partial charge >= 0.3 is 0 Å². The van der Waals surface area contributed by atoms with Gasteiger partial charge in [-0.2, -0.15) is 0 Å². The van der Waals surface area contributed by atoms with Crippen LogP contribution in [0, 0.1) is 0 Å². The molecule has 0 spiro atoms. The number of benzene rings is 2. The first-order valence-electron chi connectivity index (χ1n) is 13.1. The van der Waals surface area contributed by atoms with Gasteiger partial charge in [0.1, 0.15) is 11.3 Å². The highest BCUT2D eigenvalue weighted by Gasteiger charge is 2.42. The van der Waals surface area contributed by atoms with E-state index in [4.69, 9.17) is 13.9 Å². The van der Waals surface area contributed by atoms with Crippen LogP contribution in [0.3, 0.4) is 0 Å². The fourth-order valence-electron chi connectivity index (χ4n) is 5.15. The molecule has 2 aliphatic rings. The van der Waals surface area contributed by atoms with Gasteiger partial charge in [-0.25, -0.2) is 0 Å². The molecule has 1 fully saturated rings. The van der Waals surface area contributed by atoms with Gasteiger partial charge in [-0.3, -0.25) is 14.5 Å². The molecule has 1 aromatic heterocycles. The Kier molecular flexibility index (Phi) is 7.68. The van der Waals surface area contributed by atoms with Crippen LogP contribution in [0.1, 0.15) is 60.3 Å². The minimum Gasteiger partial charge on any atom is -0.494 e. The Balaban J connectivity index is 1.47. The summed E-state index contributed by atoms with van der Waals surface area (Å²) in [7, 11) is 0. The number of fused-ring (bicyclic) bond motifs is 2. The molecule has 1 unspecified atom stereocenters. The Morgan fingerprint density at radius 1 is 0.972 bits per heavy atom. The maximum absolute atomic E-state index is 13.7. The summed E-state index contributed by atoms with van der Waals surface area (Å²) in [5.74, 6) is 0.682. The van der Waals surface area contributed by atoms with E-state index in [9.17, 15) is 9.59 Å². The van der Waals surface area contributed by atoms with Crippen LogP contribution in [-0.2, 0) is 4.74 Å². The number of ether oxygens (including phenoxy) is 2. The van der Waals surface area contributed by atoms with E-state index in [-0.39, 0.29) is 17.1 Å². The largest absolute Gasteiger partial charge is 0.494 e. The highest BCUT2D eigenvalue weighted by atomic mass is 16.5. The number of unbranched alkanes of at least 4 members (excludes halogenated alkanes) is 2. The monoisotopic (exact) mass is 490 g/mol. The predicted octanol–water partition coefficient (Wildman–Crippen LogP) is 4.63. The van der Waals surface area contributed by atoms with Crippen LogP contribution in [0.2, 0.25) is 0 Å². The maximum Gasteiger partial charge on any atom is 0.290 e. The second kappa shape index (κ2) is 11.3. The fourth-order valence-corrected chi connectivity index (χ4v) is 5.15. The van der Waals surface area contributed by atoms with Gasteiger partial charge in [-0.15, -0.1) is 0 Å². The normalized spacial score (nSPS) is 18.1. The minimum absolute atomic E-state index is 0.143. The van der Waals surface area contributed by atoms with Gasteiger partial charge in [0, 0.05) is 26.2 Å². The summed E-state index contributed by atoms with van der Waals surface area (Å²) in [6.07, 6.45) is 4.05. The van der Waals surface area contributed by atoms with Gasteiger partial charge in [0.05, 0.1) is 36.8 Å². The first-order valence-corrected chi connectivity index (χ1v) is 13.1. The number of hydrogen-bond acceptors (Lipinski definition) is 6. The van der Waals surface area contributed by atoms with Crippen molar-refractivity contribution in [2.45, 2.75) is 38.6 Å². The molecule has 1 atom stereocenters. The molecule has 1 saturated heterocycles. The van der Waals surface area contributed by atoms with Crippen molar-refractivity contribution in [3.63, 3.8) is 0 Å². The summed E-state index contributed by atoms with van der Waals surface area (Å²) in [6.45, 7) is 7.51. The molecular formula is C29H34N2O5. The number of para-hydroxylation sites is 1. The van der Waals surface area contributed by atoms with Gasteiger partial charge in [-0.1, -0.05) is 44.0 Å². The van der Waals surface area contributed by atoms with Gasteiger partial charge < -0.3 is 18.8 Å². The lowest BCUT2D eigenvalue weighted by Gasteiger charge is -2.29. The molecule has 0 saturated carbocycles.